The van der Waals surface area contributed by atoms with Gasteiger partial charge in [-0.05, 0) is 120 Å². The zero-order valence-corrected chi connectivity index (χ0v) is 36.7. The van der Waals surface area contributed by atoms with Crippen LogP contribution in [0.1, 0.15) is 126 Å². The first-order valence-electron chi connectivity index (χ1n) is 23.2. The number of aromatic nitrogens is 3. The molecule has 3 aromatic heterocycles. The van der Waals surface area contributed by atoms with Crippen LogP contribution in [0.3, 0.4) is 0 Å². The van der Waals surface area contributed by atoms with Crippen molar-refractivity contribution in [2.75, 3.05) is 4.90 Å². The summed E-state index contributed by atoms with van der Waals surface area (Å²) < 4.78 is 0. The van der Waals surface area contributed by atoms with Crippen LogP contribution in [0.25, 0.3) is 33.9 Å². The van der Waals surface area contributed by atoms with Gasteiger partial charge < -0.3 is 4.90 Å². The molecule has 0 spiro atoms. The van der Waals surface area contributed by atoms with Gasteiger partial charge in [0.1, 0.15) is 0 Å². The molecule has 1 aliphatic carbocycles. The maximum atomic E-state index is 4.98. The van der Waals surface area contributed by atoms with E-state index < -0.39 is 0 Å². The molecule has 3 heterocycles. The maximum Gasteiger partial charge on any atom is 0.0906 e. The van der Waals surface area contributed by atoms with Crippen LogP contribution in [0.2, 0.25) is 0 Å². The number of rotatable bonds is 19. The largest absolute Gasteiger partial charge is 0.310 e. The fourth-order valence-electron chi connectivity index (χ4n) is 9.42. The molecule has 4 heteroatoms. The smallest absolute Gasteiger partial charge is 0.0906 e. The van der Waals surface area contributed by atoms with E-state index in [9.17, 15) is 0 Å². The van der Waals surface area contributed by atoms with E-state index in [4.69, 9.17) is 4.98 Å². The Morgan fingerprint density at radius 3 is 1.44 bits per heavy atom. The number of unbranched alkanes of at least 4 members (excludes halogenated alkanes) is 10. The number of para-hydroxylation sites is 2. The molecule has 0 bridgehead atoms. The van der Waals surface area contributed by atoms with E-state index >= 15 is 0 Å². The molecule has 8 rings (SSSR count). The number of hydrogen-bond acceptors (Lipinski definition) is 4. The van der Waals surface area contributed by atoms with Gasteiger partial charge in [-0.2, -0.15) is 0 Å². The Bertz CT molecular complexity index is 2440. The monoisotopic (exact) mass is 812 g/mol. The summed E-state index contributed by atoms with van der Waals surface area (Å²) in [4.78, 5) is 16.7. The third-order valence-electron chi connectivity index (χ3n) is 12.6. The van der Waals surface area contributed by atoms with Crippen molar-refractivity contribution in [3.8, 4) is 45.7 Å². The SMILES string of the molecule is CCCCCCCCC1(CCCCCCCC)c2cc(C#Cc3cc(-c4ccccn4)nc(-c4ccccn4)c3)ccc2-c2ccc(N(c3ccccc3)c3ccccc3)cc21. The molecule has 0 amide bonds. The van der Waals surface area contributed by atoms with E-state index in [0.29, 0.717) is 0 Å². The van der Waals surface area contributed by atoms with E-state index in [1.54, 1.807) is 0 Å². The summed E-state index contributed by atoms with van der Waals surface area (Å²) >= 11 is 0. The Morgan fingerprint density at radius 1 is 0.419 bits per heavy atom. The summed E-state index contributed by atoms with van der Waals surface area (Å²) in [5, 5.41) is 0. The normalized spacial score (nSPS) is 12.3. The molecule has 0 unspecified atom stereocenters. The van der Waals surface area contributed by atoms with Crippen LogP contribution in [0.5, 0.6) is 0 Å². The minimum Gasteiger partial charge on any atom is -0.310 e. The van der Waals surface area contributed by atoms with Gasteiger partial charge in [0.15, 0.2) is 0 Å². The summed E-state index contributed by atoms with van der Waals surface area (Å²) in [5.74, 6) is 7.21. The molecule has 0 fully saturated rings. The van der Waals surface area contributed by atoms with Gasteiger partial charge in [-0.3, -0.25) is 9.97 Å². The topological polar surface area (TPSA) is 41.9 Å². The van der Waals surface area contributed by atoms with Crippen molar-refractivity contribution in [2.24, 2.45) is 0 Å². The van der Waals surface area contributed by atoms with Crippen molar-refractivity contribution in [1.29, 1.82) is 0 Å². The molecule has 0 N–H and O–H groups in total. The summed E-state index contributed by atoms with van der Waals surface area (Å²) in [5.41, 5.74) is 14.2. The van der Waals surface area contributed by atoms with E-state index in [-0.39, 0.29) is 5.41 Å². The van der Waals surface area contributed by atoms with E-state index in [0.717, 1.165) is 58.1 Å². The number of benzene rings is 4. The lowest BCUT2D eigenvalue weighted by atomic mass is 9.70. The van der Waals surface area contributed by atoms with Crippen LogP contribution in [0.15, 0.2) is 158 Å². The molecule has 1 aliphatic rings. The molecule has 4 aromatic carbocycles. The number of fused-ring (bicyclic) bond motifs is 3. The Labute approximate surface area is 370 Å². The molecule has 0 saturated carbocycles. The third-order valence-corrected chi connectivity index (χ3v) is 12.6. The lowest BCUT2D eigenvalue weighted by Crippen LogP contribution is -2.26. The van der Waals surface area contributed by atoms with Gasteiger partial charge in [0.25, 0.3) is 0 Å². The van der Waals surface area contributed by atoms with E-state index in [1.165, 1.54) is 105 Å². The zero-order valence-electron chi connectivity index (χ0n) is 36.7. The van der Waals surface area contributed by atoms with Gasteiger partial charge in [0.2, 0.25) is 0 Å². The van der Waals surface area contributed by atoms with Gasteiger partial charge in [-0.1, -0.05) is 163 Å². The first-order chi connectivity index (χ1) is 30.7. The number of hydrogen-bond donors (Lipinski definition) is 0. The zero-order chi connectivity index (χ0) is 42.4. The van der Waals surface area contributed by atoms with Gasteiger partial charge in [0, 0.05) is 46.0 Å². The summed E-state index contributed by atoms with van der Waals surface area (Å²) in [6.45, 7) is 4.61. The molecule has 7 aromatic rings. The summed E-state index contributed by atoms with van der Waals surface area (Å²) in [7, 11) is 0. The fourth-order valence-corrected chi connectivity index (χ4v) is 9.42. The van der Waals surface area contributed by atoms with Crippen molar-refractivity contribution >= 4 is 17.1 Å². The second kappa shape index (κ2) is 21.0. The van der Waals surface area contributed by atoms with Gasteiger partial charge in [-0.25, -0.2) is 4.98 Å². The average Bonchev–Trinajstić information content (AvgIpc) is 3.59. The molecule has 4 nitrogen and oxygen atoms in total. The van der Waals surface area contributed by atoms with Gasteiger partial charge >= 0.3 is 0 Å². The van der Waals surface area contributed by atoms with Crippen molar-refractivity contribution in [3.63, 3.8) is 0 Å². The van der Waals surface area contributed by atoms with Crippen molar-refractivity contribution in [3.05, 3.63) is 180 Å². The lowest BCUT2D eigenvalue weighted by Gasteiger charge is -2.34. The fraction of sp³-hybridized carbons (Fsp3) is 0.293. The highest BCUT2D eigenvalue weighted by atomic mass is 15.1. The second-order valence-corrected chi connectivity index (χ2v) is 16.9. The van der Waals surface area contributed by atoms with Crippen LogP contribution in [-0.2, 0) is 5.41 Å². The van der Waals surface area contributed by atoms with Crippen LogP contribution in [0.4, 0.5) is 17.1 Å². The van der Waals surface area contributed by atoms with E-state index in [1.807, 2.05) is 48.8 Å². The quantitative estimate of drug-likeness (QED) is 0.0602. The van der Waals surface area contributed by atoms with Crippen LogP contribution in [-0.4, -0.2) is 15.0 Å². The predicted octanol–water partition coefficient (Wildman–Crippen LogP) is 15.8. The molecule has 0 saturated heterocycles. The highest BCUT2D eigenvalue weighted by Gasteiger charge is 2.43. The molecule has 0 aliphatic heterocycles. The van der Waals surface area contributed by atoms with Crippen molar-refractivity contribution in [2.45, 2.75) is 109 Å². The highest BCUT2D eigenvalue weighted by molar-refractivity contribution is 5.86. The Balaban J connectivity index is 1.23. The number of pyridine rings is 3. The third kappa shape index (κ3) is 9.90. The van der Waals surface area contributed by atoms with Crippen molar-refractivity contribution < 1.29 is 0 Å². The van der Waals surface area contributed by atoms with Crippen molar-refractivity contribution in [1.82, 2.24) is 15.0 Å². The highest BCUT2D eigenvalue weighted by Crippen LogP contribution is 2.56. The Hall–Kier alpha value is -6.31. The Kier molecular flexibility index (Phi) is 14.3. The second-order valence-electron chi connectivity index (χ2n) is 16.9. The van der Waals surface area contributed by atoms with Crippen LogP contribution >= 0.6 is 0 Å². The maximum absolute atomic E-state index is 4.98. The van der Waals surface area contributed by atoms with Crippen LogP contribution < -0.4 is 4.90 Å². The molecular weight excluding hydrogens is 753 g/mol. The van der Waals surface area contributed by atoms with Gasteiger partial charge in [-0.15, -0.1) is 0 Å². The predicted molar refractivity (Wildman–Crippen MR) is 260 cm³/mol. The first kappa shape index (κ1) is 42.4. The summed E-state index contributed by atoms with van der Waals surface area (Å²) in [6, 6.07) is 52.0. The standard InChI is InChI=1S/C58H60N4/c1-3-5-7-9-11-21-37-58(38-22-12-10-8-6-4-2)52-41-45(31-32-46-42-56(54-29-19-23-39-59-54)61-57(43-46)55-30-20-24-40-60-55)33-35-50(52)51-36-34-49(44-53(51)58)62(47-25-15-13-16-26-47)48-27-17-14-18-28-48/h13-20,23-30,33-36,39-44H,3-12,21-22,37-38H2,1-2H3. The molecule has 62 heavy (non-hydrogen) atoms. The summed E-state index contributed by atoms with van der Waals surface area (Å²) in [6.07, 6.45) is 21.3. The molecular formula is C58H60N4. The molecule has 0 radical (unpaired) electrons. The van der Waals surface area contributed by atoms with Crippen LogP contribution in [0, 0.1) is 11.8 Å². The Morgan fingerprint density at radius 2 is 0.903 bits per heavy atom. The average molecular weight is 813 g/mol. The van der Waals surface area contributed by atoms with Gasteiger partial charge in [0.05, 0.1) is 22.8 Å². The van der Waals surface area contributed by atoms with E-state index in [2.05, 4.69) is 150 Å². The molecule has 312 valence electrons. The number of anilines is 3. The lowest BCUT2D eigenvalue weighted by molar-refractivity contribution is 0.398. The minimum absolute atomic E-state index is 0.109. The first-order valence-corrected chi connectivity index (χ1v) is 23.2. The number of nitrogens with zero attached hydrogens (tertiary/aromatic N) is 4. The molecule has 0 atom stereocenters. The minimum atomic E-state index is -0.109.